The van der Waals surface area contributed by atoms with Crippen LogP contribution in [0.3, 0.4) is 0 Å². The third kappa shape index (κ3) is 2.33. The SMILES string of the molecule is CN1C2CCC1CC(Oc1ccc3ccc(=O)oc3c1)C2. The van der Waals surface area contributed by atoms with E-state index in [-0.39, 0.29) is 11.7 Å². The molecule has 2 atom stereocenters. The lowest BCUT2D eigenvalue weighted by Gasteiger charge is -2.36. The van der Waals surface area contributed by atoms with Crippen LogP contribution in [0.5, 0.6) is 5.75 Å². The molecule has 2 fully saturated rings. The normalized spacial score (nSPS) is 28.9. The topological polar surface area (TPSA) is 42.7 Å². The number of benzene rings is 1. The predicted molar refractivity (Wildman–Crippen MR) is 80.7 cm³/mol. The summed E-state index contributed by atoms with van der Waals surface area (Å²) in [5, 5.41) is 0.922. The van der Waals surface area contributed by atoms with Gasteiger partial charge in [-0.05, 0) is 50.9 Å². The van der Waals surface area contributed by atoms with Crippen LogP contribution in [0, 0.1) is 0 Å². The fraction of sp³-hybridized carbons (Fsp3) is 0.471. The molecule has 0 saturated carbocycles. The van der Waals surface area contributed by atoms with Gasteiger partial charge in [-0.1, -0.05) is 0 Å². The van der Waals surface area contributed by atoms with E-state index in [2.05, 4.69) is 11.9 Å². The highest BCUT2D eigenvalue weighted by molar-refractivity contribution is 5.77. The summed E-state index contributed by atoms with van der Waals surface area (Å²) >= 11 is 0. The standard InChI is InChI=1S/C17H19NO3/c1-18-12-4-5-13(18)9-15(8-12)20-14-6-2-11-3-7-17(19)21-16(11)10-14/h2-3,6-7,10,12-13,15H,4-5,8-9H2,1H3. The number of hydrogen-bond acceptors (Lipinski definition) is 4. The smallest absolute Gasteiger partial charge is 0.336 e. The molecule has 4 nitrogen and oxygen atoms in total. The summed E-state index contributed by atoms with van der Waals surface area (Å²) < 4.78 is 11.4. The largest absolute Gasteiger partial charge is 0.490 e. The first-order valence-corrected chi connectivity index (χ1v) is 7.61. The van der Waals surface area contributed by atoms with E-state index in [9.17, 15) is 4.79 Å². The molecule has 4 heteroatoms. The van der Waals surface area contributed by atoms with Crippen LogP contribution in [0.15, 0.2) is 39.5 Å². The van der Waals surface area contributed by atoms with Crippen molar-refractivity contribution in [3.05, 3.63) is 40.8 Å². The van der Waals surface area contributed by atoms with Crippen LogP contribution in [0.1, 0.15) is 25.7 Å². The Morgan fingerprint density at radius 3 is 2.62 bits per heavy atom. The minimum absolute atomic E-state index is 0.270. The number of hydrogen-bond donors (Lipinski definition) is 0. The average molecular weight is 285 g/mol. The van der Waals surface area contributed by atoms with Crippen molar-refractivity contribution < 1.29 is 9.15 Å². The van der Waals surface area contributed by atoms with Gasteiger partial charge in [-0.3, -0.25) is 0 Å². The monoisotopic (exact) mass is 285 g/mol. The van der Waals surface area contributed by atoms with Gasteiger partial charge in [0.25, 0.3) is 0 Å². The van der Waals surface area contributed by atoms with Crippen molar-refractivity contribution in [1.82, 2.24) is 4.90 Å². The maximum Gasteiger partial charge on any atom is 0.336 e. The summed E-state index contributed by atoms with van der Waals surface area (Å²) in [7, 11) is 2.23. The summed E-state index contributed by atoms with van der Waals surface area (Å²) in [6, 6.07) is 10.3. The van der Waals surface area contributed by atoms with Crippen LogP contribution < -0.4 is 10.4 Å². The Labute approximate surface area is 123 Å². The molecule has 1 aromatic heterocycles. The minimum atomic E-state index is -0.322. The Balaban J connectivity index is 1.56. The van der Waals surface area contributed by atoms with Gasteiger partial charge in [0.2, 0.25) is 0 Å². The molecule has 2 saturated heterocycles. The number of piperidine rings is 1. The number of ether oxygens (including phenoxy) is 1. The molecular weight excluding hydrogens is 266 g/mol. The van der Waals surface area contributed by atoms with Gasteiger partial charge < -0.3 is 14.1 Å². The molecule has 2 bridgehead atoms. The van der Waals surface area contributed by atoms with Gasteiger partial charge in [-0.2, -0.15) is 0 Å². The highest BCUT2D eigenvalue weighted by Crippen LogP contribution is 2.36. The van der Waals surface area contributed by atoms with E-state index in [1.165, 1.54) is 18.9 Å². The van der Waals surface area contributed by atoms with Crippen LogP contribution in [0.2, 0.25) is 0 Å². The first-order chi connectivity index (χ1) is 10.2. The lowest BCUT2D eigenvalue weighted by Crippen LogP contribution is -2.43. The van der Waals surface area contributed by atoms with Gasteiger partial charge in [-0.25, -0.2) is 4.79 Å². The maximum atomic E-state index is 11.3. The Morgan fingerprint density at radius 2 is 1.86 bits per heavy atom. The summed E-state index contributed by atoms with van der Waals surface area (Å²) in [6.45, 7) is 0. The molecule has 0 N–H and O–H groups in total. The van der Waals surface area contributed by atoms with Crippen LogP contribution in [0.4, 0.5) is 0 Å². The second-order valence-corrected chi connectivity index (χ2v) is 6.22. The van der Waals surface area contributed by atoms with Crippen LogP contribution in [0.25, 0.3) is 11.0 Å². The lowest BCUT2D eigenvalue weighted by molar-refractivity contribution is 0.0662. The van der Waals surface area contributed by atoms with Crippen molar-refractivity contribution in [1.29, 1.82) is 0 Å². The summed E-state index contributed by atoms with van der Waals surface area (Å²) in [5.74, 6) is 0.797. The first kappa shape index (κ1) is 12.9. The Kier molecular flexibility index (Phi) is 3.00. The highest BCUT2D eigenvalue weighted by Gasteiger charge is 2.39. The van der Waals surface area contributed by atoms with Gasteiger partial charge in [0.15, 0.2) is 0 Å². The van der Waals surface area contributed by atoms with Crippen molar-refractivity contribution in [2.75, 3.05) is 7.05 Å². The van der Waals surface area contributed by atoms with Crippen LogP contribution >= 0.6 is 0 Å². The van der Waals surface area contributed by atoms with Crippen molar-refractivity contribution in [3.8, 4) is 5.75 Å². The molecular formula is C17H19NO3. The lowest BCUT2D eigenvalue weighted by atomic mass is 10.0. The highest BCUT2D eigenvalue weighted by atomic mass is 16.5. The van der Waals surface area contributed by atoms with Gasteiger partial charge in [-0.15, -0.1) is 0 Å². The van der Waals surface area contributed by atoms with E-state index in [4.69, 9.17) is 9.15 Å². The van der Waals surface area contributed by atoms with E-state index in [1.807, 2.05) is 18.2 Å². The molecule has 2 unspecified atom stereocenters. The van der Waals surface area contributed by atoms with Crippen LogP contribution in [-0.2, 0) is 0 Å². The van der Waals surface area contributed by atoms with E-state index < -0.39 is 0 Å². The quantitative estimate of drug-likeness (QED) is 0.796. The molecule has 0 spiro atoms. The molecule has 21 heavy (non-hydrogen) atoms. The maximum absolute atomic E-state index is 11.3. The zero-order valence-electron chi connectivity index (χ0n) is 12.1. The van der Waals surface area contributed by atoms with E-state index in [0.29, 0.717) is 17.7 Å². The van der Waals surface area contributed by atoms with Crippen molar-refractivity contribution in [3.63, 3.8) is 0 Å². The molecule has 3 heterocycles. The second kappa shape index (κ2) is 4.88. The third-order valence-corrected chi connectivity index (χ3v) is 4.95. The molecule has 2 aliphatic heterocycles. The van der Waals surface area contributed by atoms with Crippen molar-refractivity contribution in [2.45, 2.75) is 43.9 Å². The Hall–Kier alpha value is -1.81. The average Bonchev–Trinajstić information content (AvgIpc) is 2.70. The van der Waals surface area contributed by atoms with Gasteiger partial charge >= 0.3 is 5.63 Å². The molecule has 0 aliphatic carbocycles. The van der Waals surface area contributed by atoms with E-state index >= 15 is 0 Å². The van der Waals surface area contributed by atoms with E-state index in [1.54, 1.807) is 6.07 Å². The molecule has 2 aliphatic rings. The zero-order valence-corrected chi connectivity index (χ0v) is 12.1. The van der Waals surface area contributed by atoms with Crippen LogP contribution in [-0.4, -0.2) is 30.1 Å². The second-order valence-electron chi connectivity index (χ2n) is 6.22. The Bertz CT molecular complexity index is 709. The molecule has 1 aromatic carbocycles. The first-order valence-electron chi connectivity index (χ1n) is 7.61. The zero-order chi connectivity index (χ0) is 14.4. The van der Waals surface area contributed by atoms with Gasteiger partial charge in [0.05, 0.1) is 0 Å². The van der Waals surface area contributed by atoms with Gasteiger partial charge in [0.1, 0.15) is 17.4 Å². The van der Waals surface area contributed by atoms with E-state index in [0.717, 1.165) is 24.0 Å². The fourth-order valence-electron chi connectivity index (χ4n) is 3.76. The number of rotatable bonds is 2. The molecule has 0 amide bonds. The Morgan fingerprint density at radius 1 is 1.14 bits per heavy atom. The molecule has 2 aromatic rings. The third-order valence-electron chi connectivity index (χ3n) is 4.95. The number of nitrogens with zero attached hydrogens (tertiary/aromatic N) is 1. The fourth-order valence-corrected chi connectivity index (χ4v) is 3.76. The molecule has 110 valence electrons. The summed E-state index contributed by atoms with van der Waals surface area (Å²) in [4.78, 5) is 13.8. The van der Waals surface area contributed by atoms with Gasteiger partial charge in [0, 0.05) is 29.6 Å². The number of fused-ring (bicyclic) bond motifs is 3. The summed E-state index contributed by atoms with van der Waals surface area (Å²) in [6.07, 6.45) is 5.01. The van der Waals surface area contributed by atoms with Crippen molar-refractivity contribution in [2.24, 2.45) is 0 Å². The minimum Gasteiger partial charge on any atom is -0.490 e. The molecule has 4 rings (SSSR count). The van der Waals surface area contributed by atoms with Crippen molar-refractivity contribution >= 4 is 11.0 Å². The summed E-state index contributed by atoms with van der Waals surface area (Å²) in [5.41, 5.74) is 0.271. The molecule has 0 radical (unpaired) electrons. The predicted octanol–water partition coefficient (Wildman–Crippen LogP) is 2.80.